The fourth-order valence-electron chi connectivity index (χ4n) is 2.76. The van der Waals surface area contributed by atoms with Crippen molar-refractivity contribution in [3.05, 3.63) is 17.6 Å². The first kappa shape index (κ1) is 14.2. The highest BCUT2D eigenvalue weighted by atomic mass is 16.5. The van der Waals surface area contributed by atoms with Crippen LogP contribution in [0.3, 0.4) is 0 Å². The second kappa shape index (κ2) is 6.30. The Bertz CT molecular complexity index is 425. The molecule has 0 aliphatic carbocycles. The number of rotatable bonds is 4. The molecule has 0 aromatic carbocycles. The van der Waals surface area contributed by atoms with E-state index in [4.69, 9.17) is 4.74 Å². The maximum atomic E-state index is 9.63. The standard InChI is InChI=1S/C14H23N3O2/c1-10-5-4-6-17(12(10)8-18)14-7-11(2)15-13(16-14)9-19-3/h7,10,12,18H,4-6,8-9H2,1-3H3. The van der Waals surface area contributed by atoms with Crippen LogP contribution in [0.15, 0.2) is 6.07 Å². The lowest BCUT2D eigenvalue weighted by Gasteiger charge is -2.40. The number of aryl methyl sites for hydroxylation is 1. The summed E-state index contributed by atoms with van der Waals surface area (Å²) in [5, 5.41) is 9.63. The molecule has 0 radical (unpaired) electrons. The van der Waals surface area contributed by atoms with Crippen molar-refractivity contribution in [3.8, 4) is 0 Å². The van der Waals surface area contributed by atoms with Crippen LogP contribution in [0.2, 0.25) is 0 Å². The molecule has 2 heterocycles. The van der Waals surface area contributed by atoms with Crippen molar-refractivity contribution in [2.45, 2.75) is 39.3 Å². The Morgan fingerprint density at radius 1 is 1.47 bits per heavy atom. The molecule has 2 rings (SSSR count). The SMILES string of the molecule is COCc1nc(C)cc(N2CCCC(C)C2CO)n1. The van der Waals surface area contributed by atoms with Gasteiger partial charge >= 0.3 is 0 Å². The van der Waals surface area contributed by atoms with E-state index in [2.05, 4.69) is 21.8 Å². The Morgan fingerprint density at radius 3 is 2.95 bits per heavy atom. The Morgan fingerprint density at radius 2 is 2.26 bits per heavy atom. The van der Waals surface area contributed by atoms with Gasteiger partial charge in [0, 0.05) is 25.4 Å². The lowest BCUT2D eigenvalue weighted by molar-refractivity contribution is 0.177. The number of methoxy groups -OCH3 is 1. The molecule has 5 nitrogen and oxygen atoms in total. The number of anilines is 1. The Labute approximate surface area is 114 Å². The van der Waals surface area contributed by atoms with E-state index < -0.39 is 0 Å². The number of hydrogen-bond donors (Lipinski definition) is 1. The van der Waals surface area contributed by atoms with Crippen LogP contribution >= 0.6 is 0 Å². The third-order valence-electron chi connectivity index (χ3n) is 3.76. The minimum absolute atomic E-state index is 0.151. The van der Waals surface area contributed by atoms with Crippen molar-refractivity contribution in [2.24, 2.45) is 5.92 Å². The van der Waals surface area contributed by atoms with E-state index in [-0.39, 0.29) is 12.6 Å². The maximum Gasteiger partial charge on any atom is 0.156 e. The van der Waals surface area contributed by atoms with E-state index in [9.17, 15) is 5.11 Å². The number of hydrogen-bond acceptors (Lipinski definition) is 5. The minimum Gasteiger partial charge on any atom is -0.394 e. The van der Waals surface area contributed by atoms with Gasteiger partial charge in [-0.3, -0.25) is 0 Å². The molecule has 0 spiro atoms. The summed E-state index contributed by atoms with van der Waals surface area (Å²) >= 11 is 0. The molecule has 0 saturated carbocycles. The first-order valence-electron chi connectivity index (χ1n) is 6.86. The van der Waals surface area contributed by atoms with E-state index in [1.54, 1.807) is 7.11 Å². The summed E-state index contributed by atoms with van der Waals surface area (Å²) < 4.78 is 5.11. The van der Waals surface area contributed by atoms with E-state index in [0.29, 0.717) is 18.3 Å². The smallest absolute Gasteiger partial charge is 0.156 e. The second-order valence-corrected chi connectivity index (χ2v) is 5.28. The van der Waals surface area contributed by atoms with Crippen LogP contribution in [0.4, 0.5) is 5.82 Å². The lowest BCUT2D eigenvalue weighted by atomic mass is 9.91. The third-order valence-corrected chi connectivity index (χ3v) is 3.76. The molecule has 106 valence electrons. The van der Waals surface area contributed by atoms with Crippen molar-refractivity contribution >= 4 is 5.82 Å². The monoisotopic (exact) mass is 265 g/mol. The van der Waals surface area contributed by atoms with Gasteiger partial charge in [-0.1, -0.05) is 6.92 Å². The molecule has 2 atom stereocenters. The van der Waals surface area contributed by atoms with Crippen molar-refractivity contribution in [3.63, 3.8) is 0 Å². The quantitative estimate of drug-likeness (QED) is 0.894. The molecule has 1 fully saturated rings. The van der Waals surface area contributed by atoms with E-state index >= 15 is 0 Å². The zero-order valence-corrected chi connectivity index (χ0v) is 12.0. The number of ether oxygens (including phenoxy) is 1. The topological polar surface area (TPSA) is 58.5 Å². The highest BCUT2D eigenvalue weighted by Crippen LogP contribution is 2.27. The van der Waals surface area contributed by atoms with Gasteiger partial charge in [-0.15, -0.1) is 0 Å². The molecule has 1 N–H and O–H groups in total. The highest BCUT2D eigenvalue weighted by molar-refractivity contribution is 5.42. The number of nitrogens with zero attached hydrogens (tertiary/aromatic N) is 3. The van der Waals surface area contributed by atoms with Gasteiger partial charge in [0.25, 0.3) is 0 Å². The molecule has 1 aliphatic heterocycles. The van der Waals surface area contributed by atoms with Crippen LogP contribution < -0.4 is 4.90 Å². The molecular formula is C14H23N3O2. The summed E-state index contributed by atoms with van der Waals surface area (Å²) in [7, 11) is 1.64. The molecule has 5 heteroatoms. The first-order chi connectivity index (χ1) is 9.15. The summed E-state index contributed by atoms with van der Waals surface area (Å²) in [6.07, 6.45) is 2.30. The molecule has 0 bridgehead atoms. The molecule has 1 aliphatic rings. The van der Waals surface area contributed by atoms with Gasteiger partial charge in [0.2, 0.25) is 0 Å². The molecule has 19 heavy (non-hydrogen) atoms. The van der Waals surface area contributed by atoms with Gasteiger partial charge in [-0.2, -0.15) is 0 Å². The summed E-state index contributed by atoms with van der Waals surface area (Å²) in [5.41, 5.74) is 0.937. The lowest BCUT2D eigenvalue weighted by Crippen LogP contribution is -2.47. The first-order valence-corrected chi connectivity index (χ1v) is 6.86. The number of aliphatic hydroxyl groups excluding tert-OH is 1. The Balaban J connectivity index is 2.28. The van der Waals surface area contributed by atoms with Crippen LogP contribution in [0.5, 0.6) is 0 Å². The second-order valence-electron chi connectivity index (χ2n) is 5.28. The molecule has 0 amide bonds. The fraction of sp³-hybridized carbons (Fsp3) is 0.714. The van der Waals surface area contributed by atoms with Crippen molar-refractivity contribution in [2.75, 3.05) is 25.2 Å². The van der Waals surface area contributed by atoms with Gasteiger partial charge in [0.1, 0.15) is 12.4 Å². The van der Waals surface area contributed by atoms with Crippen LogP contribution in [0, 0.1) is 12.8 Å². The van der Waals surface area contributed by atoms with Crippen molar-refractivity contribution < 1.29 is 9.84 Å². The number of aromatic nitrogens is 2. The van der Waals surface area contributed by atoms with Crippen LogP contribution in [-0.2, 0) is 11.3 Å². The molecule has 1 aromatic heterocycles. The van der Waals surface area contributed by atoms with Gasteiger partial charge in [-0.25, -0.2) is 9.97 Å². The molecule has 2 unspecified atom stereocenters. The van der Waals surface area contributed by atoms with Gasteiger partial charge in [0.05, 0.1) is 12.6 Å². The summed E-state index contributed by atoms with van der Waals surface area (Å²) in [4.78, 5) is 11.1. The minimum atomic E-state index is 0.151. The van der Waals surface area contributed by atoms with Gasteiger partial charge < -0.3 is 14.7 Å². The fourth-order valence-corrected chi connectivity index (χ4v) is 2.76. The van der Waals surface area contributed by atoms with Crippen LogP contribution in [0.1, 0.15) is 31.3 Å². The average Bonchev–Trinajstić information content (AvgIpc) is 2.38. The number of piperidine rings is 1. The highest BCUT2D eigenvalue weighted by Gasteiger charge is 2.29. The van der Waals surface area contributed by atoms with Crippen LogP contribution in [0.25, 0.3) is 0 Å². The summed E-state index contributed by atoms with van der Waals surface area (Å²) in [6, 6.07) is 2.14. The van der Waals surface area contributed by atoms with Crippen molar-refractivity contribution in [1.29, 1.82) is 0 Å². The largest absolute Gasteiger partial charge is 0.394 e. The number of aliphatic hydroxyl groups is 1. The van der Waals surface area contributed by atoms with E-state index in [1.807, 2.05) is 13.0 Å². The Kier molecular flexibility index (Phi) is 4.71. The average molecular weight is 265 g/mol. The zero-order chi connectivity index (χ0) is 13.8. The summed E-state index contributed by atoms with van der Waals surface area (Å²) in [6.45, 7) is 5.69. The van der Waals surface area contributed by atoms with E-state index in [0.717, 1.165) is 30.9 Å². The maximum absolute atomic E-state index is 9.63. The predicted molar refractivity (Wildman–Crippen MR) is 74.1 cm³/mol. The molecule has 1 saturated heterocycles. The summed E-state index contributed by atoms with van der Waals surface area (Å²) in [5.74, 6) is 2.09. The van der Waals surface area contributed by atoms with Gasteiger partial charge in [0.15, 0.2) is 5.82 Å². The third kappa shape index (κ3) is 3.22. The van der Waals surface area contributed by atoms with Crippen LogP contribution in [-0.4, -0.2) is 41.4 Å². The molecular weight excluding hydrogens is 242 g/mol. The zero-order valence-electron chi connectivity index (χ0n) is 12.0. The predicted octanol–water partition coefficient (Wildman–Crippen LogP) is 1.53. The molecule has 1 aromatic rings. The Hall–Kier alpha value is -1.20. The van der Waals surface area contributed by atoms with E-state index in [1.165, 1.54) is 0 Å². The van der Waals surface area contributed by atoms with Crippen molar-refractivity contribution in [1.82, 2.24) is 9.97 Å². The van der Waals surface area contributed by atoms with Gasteiger partial charge in [-0.05, 0) is 25.7 Å². The normalized spacial score (nSPS) is 23.7.